The summed E-state index contributed by atoms with van der Waals surface area (Å²) < 4.78 is 67.8. The quantitative estimate of drug-likeness (QED) is 0.0786. The second-order valence-corrected chi connectivity index (χ2v) is 23.2. The normalized spacial score (nSPS) is 26.0. The van der Waals surface area contributed by atoms with Crippen molar-refractivity contribution in [3.05, 3.63) is 0 Å². The number of methoxy groups -OCH3 is 2. The Bertz CT molecular complexity index is 1940. The summed E-state index contributed by atoms with van der Waals surface area (Å²) >= 11 is 0. The molecule has 0 unspecified atom stereocenters. The number of rotatable bonds is 22. The van der Waals surface area contributed by atoms with Crippen LogP contribution in [-0.4, -0.2) is 190 Å². The highest BCUT2D eigenvalue weighted by Crippen LogP contribution is 2.41. The zero-order valence-corrected chi connectivity index (χ0v) is 42.8. The largest absolute Gasteiger partial charge is 0.465 e. The molecule has 2 saturated heterocycles. The summed E-state index contributed by atoms with van der Waals surface area (Å²) in [7, 11) is -0.0130. The van der Waals surface area contributed by atoms with Crippen molar-refractivity contribution in [3.8, 4) is 0 Å². The second kappa shape index (κ2) is 26.0. The summed E-state index contributed by atoms with van der Waals surface area (Å²) in [6.45, 7) is 12.5. The molecule has 70 heavy (non-hydrogen) atoms. The summed E-state index contributed by atoms with van der Waals surface area (Å²) in [5.74, 6) is -16.9. The Kier molecular flexibility index (Phi) is 22.5. The summed E-state index contributed by atoms with van der Waals surface area (Å²) in [6.07, 6.45) is -17.2. The molecule has 26 nitrogen and oxygen atoms in total. The summed E-state index contributed by atoms with van der Waals surface area (Å²) in [6, 6.07) is -2.96. The topological polar surface area (TPSA) is 334 Å². The van der Waals surface area contributed by atoms with Gasteiger partial charge in [0, 0.05) is 77.0 Å². The number of carbonyl (C=O) groups excluding carboxylic acids is 11. The number of aliphatic hydroxyl groups is 1. The Balaban J connectivity index is 3.02. The lowest BCUT2D eigenvalue weighted by molar-refractivity contribution is -0.331. The Hall–Kier alpha value is -5.61. The predicted molar refractivity (Wildman–Crippen MR) is 234 cm³/mol. The standard InChI is InChI=1S/C43H66N2O24Si/c1-21(46)44-34-31(63-25(5)50)17-42(40(56)58-10,61-15-16-70(12,13)14)68-38(34)36(66-28(8)53)30(55)19-62-43(41(57)59-11)18-32(64-26(6)51)35(45(22(2)47)23(3)48)39(69-43)37(67-29(9)54)33(65-27(7)52)20-60-24(4)49/h30-39,55H,15-20H2,1-14H3,(H,44,46)/t30-,31+,32+,33-,34-,35-,36-,37-,38-,39-,42-,43+/m1/s1. The van der Waals surface area contributed by atoms with Gasteiger partial charge >= 0.3 is 47.8 Å². The number of hydrogen-bond donors (Lipinski definition) is 2. The van der Waals surface area contributed by atoms with Gasteiger partial charge in [0.2, 0.25) is 17.7 Å². The third kappa shape index (κ3) is 17.1. The van der Waals surface area contributed by atoms with E-state index < -0.39 is 172 Å². The summed E-state index contributed by atoms with van der Waals surface area (Å²) in [5.41, 5.74) is 0. The van der Waals surface area contributed by atoms with Crippen LogP contribution < -0.4 is 5.32 Å². The van der Waals surface area contributed by atoms with E-state index in [-0.39, 0.29) is 6.61 Å². The minimum absolute atomic E-state index is 0.109. The highest BCUT2D eigenvalue weighted by atomic mass is 28.3. The van der Waals surface area contributed by atoms with Crippen molar-refractivity contribution in [2.24, 2.45) is 0 Å². The average molecular weight is 1020 g/mol. The SMILES string of the molecule is COC(=O)[C@]1(OC[C@@H](O)[C@@H](OC(C)=O)[C@@H]2O[C@@](OCC[Si](C)(C)C)(C(=O)OC)C[C@H](OC(C)=O)[C@H]2NC(C)=O)C[C@H](OC(C)=O)[C@@H](N(C(C)=O)C(C)=O)[C@H]([C@H](OC(C)=O)[C@@H](COC(C)=O)OC(C)=O)O1. The molecular weight excluding hydrogens is 957 g/mol. The number of nitrogens with one attached hydrogen (secondary N) is 1. The molecule has 0 saturated carbocycles. The smallest absolute Gasteiger partial charge is 0.366 e. The molecule has 3 amide bonds. The molecule has 2 aliphatic heterocycles. The first-order valence-electron chi connectivity index (χ1n) is 21.9. The molecule has 2 N–H and O–H groups in total. The maximum Gasteiger partial charge on any atom is 0.366 e. The number of imide groups is 1. The Morgan fingerprint density at radius 1 is 0.629 bits per heavy atom. The van der Waals surface area contributed by atoms with Crippen LogP contribution in [-0.2, 0) is 110 Å². The maximum atomic E-state index is 14.2. The van der Waals surface area contributed by atoms with Crippen LogP contribution in [0.25, 0.3) is 0 Å². The van der Waals surface area contributed by atoms with Gasteiger partial charge in [0.05, 0.1) is 39.7 Å². The van der Waals surface area contributed by atoms with Gasteiger partial charge in [-0.2, -0.15) is 0 Å². The van der Waals surface area contributed by atoms with Gasteiger partial charge in [0.15, 0.2) is 18.3 Å². The molecule has 396 valence electrons. The number of amides is 3. The molecule has 0 aromatic carbocycles. The minimum Gasteiger partial charge on any atom is -0.465 e. The van der Waals surface area contributed by atoms with Crippen molar-refractivity contribution < 1.29 is 115 Å². The Morgan fingerprint density at radius 3 is 1.54 bits per heavy atom. The lowest BCUT2D eigenvalue weighted by Gasteiger charge is -2.51. The van der Waals surface area contributed by atoms with Crippen molar-refractivity contribution in [3.63, 3.8) is 0 Å². The van der Waals surface area contributed by atoms with Gasteiger partial charge in [-0.05, 0) is 6.04 Å². The van der Waals surface area contributed by atoms with Crippen molar-refractivity contribution in [1.29, 1.82) is 0 Å². The number of nitrogens with zero attached hydrogens (tertiary/aromatic N) is 1. The molecule has 0 bridgehead atoms. The van der Waals surface area contributed by atoms with Crippen LogP contribution in [0.15, 0.2) is 0 Å². The number of ether oxygens (including phenoxy) is 12. The van der Waals surface area contributed by atoms with Crippen LogP contribution in [0.4, 0.5) is 0 Å². The third-order valence-electron chi connectivity index (χ3n) is 10.5. The van der Waals surface area contributed by atoms with Gasteiger partial charge < -0.3 is 67.3 Å². The molecule has 0 spiro atoms. The average Bonchev–Trinajstić information content (AvgIpc) is 3.21. The second-order valence-electron chi connectivity index (χ2n) is 17.6. The van der Waals surface area contributed by atoms with Crippen molar-refractivity contribution in [1.82, 2.24) is 10.2 Å². The van der Waals surface area contributed by atoms with Crippen LogP contribution in [0.5, 0.6) is 0 Å². The van der Waals surface area contributed by atoms with Gasteiger partial charge in [-0.25, -0.2) is 9.59 Å². The zero-order chi connectivity index (χ0) is 53.6. The highest BCUT2D eigenvalue weighted by Gasteiger charge is 2.63. The number of hydrogen-bond acceptors (Lipinski definition) is 24. The molecule has 0 aromatic heterocycles. The van der Waals surface area contributed by atoms with Crippen LogP contribution in [0.1, 0.15) is 75.2 Å². The lowest BCUT2D eigenvalue weighted by Crippen LogP contribution is -2.71. The van der Waals surface area contributed by atoms with Crippen LogP contribution in [0.3, 0.4) is 0 Å². The molecule has 27 heteroatoms. The molecule has 2 fully saturated rings. The fourth-order valence-electron chi connectivity index (χ4n) is 7.85. The molecule has 0 radical (unpaired) electrons. The van der Waals surface area contributed by atoms with E-state index >= 15 is 0 Å². The van der Waals surface area contributed by atoms with Gasteiger partial charge in [-0.1, -0.05) is 19.6 Å². The molecule has 2 rings (SSSR count). The third-order valence-corrected chi connectivity index (χ3v) is 12.2. The summed E-state index contributed by atoms with van der Waals surface area (Å²) in [4.78, 5) is 143. The van der Waals surface area contributed by atoms with E-state index in [1.165, 1.54) is 0 Å². The Morgan fingerprint density at radius 2 is 1.10 bits per heavy atom. The van der Waals surface area contributed by atoms with E-state index in [9.17, 15) is 57.8 Å². The fourth-order valence-corrected chi connectivity index (χ4v) is 8.57. The van der Waals surface area contributed by atoms with E-state index in [0.29, 0.717) is 10.9 Å². The zero-order valence-electron chi connectivity index (χ0n) is 41.8. The number of esters is 8. The van der Waals surface area contributed by atoms with Gasteiger partial charge in [0.25, 0.3) is 11.6 Å². The molecule has 0 aliphatic carbocycles. The van der Waals surface area contributed by atoms with Gasteiger partial charge in [-0.15, -0.1) is 0 Å². The van der Waals surface area contributed by atoms with Crippen LogP contribution in [0, 0.1) is 0 Å². The van der Waals surface area contributed by atoms with Crippen molar-refractivity contribution >= 4 is 73.5 Å². The van der Waals surface area contributed by atoms with Gasteiger partial charge in [0.1, 0.15) is 43.2 Å². The predicted octanol–water partition coefficient (Wildman–Crippen LogP) is -0.475. The minimum atomic E-state index is -2.97. The molecule has 12 atom stereocenters. The molecule has 0 aromatic rings. The Labute approximate surface area is 405 Å². The van der Waals surface area contributed by atoms with E-state index in [4.69, 9.17) is 56.8 Å². The first-order valence-corrected chi connectivity index (χ1v) is 25.6. The highest BCUT2D eigenvalue weighted by molar-refractivity contribution is 6.76. The van der Waals surface area contributed by atoms with E-state index in [1.807, 2.05) is 19.6 Å². The molecular formula is C43H66N2O24Si. The monoisotopic (exact) mass is 1020 g/mol. The first kappa shape index (κ1) is 60.5. The van der Waals surface area contributed by atoms with E-state index in [1.54, 1.807) is 0 Å². The fraction of sp³-hybridized carbons (Fsp3) is 0.744. The molecule has 2 heterocycles. The number of aliphatic hydroxyl groups excluding tert-OH is 1. The summed E-state index contributed by atoms with van der Waals surface area (Å²) in [5, 5.41) is 14.7. The van der Waals surface area contributed by atoms with E-state index in [2.05, 4.69) is 5.32 Å². The van der Waals surface area contributed by atoms with Crippen LogP contribution >= 0.6 is 0 Å². The van der Waals surface area contributed by atoms with Crippen molar-refractivity contribution in [2.45, 2.75) is 173 Å². The lowest BCUT2D eigenvalue weighted by atomic mass is 9.86. The first-order chi connectivity index (χ1) is 32.3. The number of carbonyl (C=O) groups is 11. The van der Waals surface area contributed by atoms with Crippen molar-refractivity contribution in [2.75, 3.05) is 34.0 Å². The van der Waals surface area contributed by atoms with E-state index in [0.717, 1.165) is 76.5 Å². The maximum absolute atomic E-state index is 14.2. The molecule has 2 aliphatic rings. The van der Waals surface area contributed by atoms with Gasteiger partial charge in [-0.3, -0.25) is 48.1 Å². The van der Waals surface area contributed by atoms with Crippen LogP contribution in [0.2, 0.25) is 25.7 Å².